The molecule has 2 aromatic heterocycles. The molecule has 140 valence electrons. The highest BCUT2D eigenvalue weighted by molar-refractivity contribution is 7.07. The molecule has 3 saturated heterocycles. The number of fused-ring (bicyclic) bond motifs is 5. The zero-order chi connectivity index (χ0) is 18.4. The zero-order valence-electron chi connectivity index (χ0n) is 15.5. The van der Waals surface area contributed by atoms with Crippen molar-refractivity contribution in [1.29, 1.82) is 0 Å². The van der Waals surface area contributed by atoms with Crippen LogP contribution in [0.1, 0.15) is 24.1 Å². The molecule has 5 heterocycles. The number of carbonyl (C=O) groups excluding carboxylic acids is 1. The predicted molar refractivity (Wildman–Crippen MR) is 107 cm³/mol. The highest BCUT2D eigenvalue weighted by Gasteiger charge is 2.40. The Bertz CT molecular complexity index is 964. The number of carbonyl (C=O) groups is 1. The summed E-state index contributed by atoms with van der Waals surface area (Å²) in [6.07, 6.45) is 4.23. The molecule has 6 rings (SSSR count). The Morgan fingerprint density at radius 3 is 2.96 bits per heavy atom. The lowest BCUT2D eigenvalue weighted by atomic mass is 9.94. The first kappa shape index (κ1) is 17.0. The number of aromatic nitrogens is 2. The van der Waals surface area contributed by atoms with Crippen LogP contribution in [-0.2, 0) is 24.9 Å². The van der Waals surface area contributed by atoms with Crippen molar-refractivity contribution >= 4 is 28.1 Å². The van der Waals surface area contributed by atoms with Crippen molar-refractivity contribution in [2.24, 2.45) is 13.0 Å². The van der Waals surface area contributed by atoms with E-state index in [9.17, 15) is 4.79 Å². The summed E-state index contributed by atoms with van der Waals surface area (Å²) in [5.74, 6) is 0.447. The minimum atomic E-state index is 0.128. The monoisotopic (exact) mass is 380 g/mol. The van der Waals surface area contributed by atoms with Gasteiger partial charge >= 0.3 is 0 Å². The van der Waals surface area contributed by atoms with Gasteiger partial charge in [0.1, 0.15) is 0 Å². The van der Waals surface area contributed by atoms with Crippen molar-refractivity contribution in [1.82, 2.24) is 19.4 Å². The second kappa shape index (κ2) is 6.77. The molecule has 27 heavy (non-hydrogen) atoms. The van der Waals surface area contributed by atoms with Gasteiger partial charge in [0.25, 0.3) is 0 Å². The Morgan fingerprint density at radius 2 is 2.11 bits per heavy atom. The minimum absolute atomic E-state index is 0.128. The van der Waals surface area contributed by atoms with Crippen molar-refractivity contribution in [2.75, 3.05) is 13.1 Å². The van der Waals surface area contributed by atoms with Crippen LogP contribution in [-0.4, -0.2) is 44.4 Å². The van der Waals surface area contributed by atoms with Gasteiger partial charge in [-0.3, -0.25) is 9.69 Å². The third-order valence-electron chi connectivity index (χ3n) is 6.04. The molecule has 3 aliphatic rings. The highest BCUT2D eigenvalue weighted by atomic mass is 32.1. The van der Waals surface area contributed by atoms with E-state index < -0.39 is 0 Å². The molecule has 2 atom stereocenters. The van der Waals surface area contributed by atoms with Crippen LogP contribution in [0.2, 0.25) is 0 Å². The topological polar surface area (TPSA) is 41.4 Å². The molecule has 3 aliphatic heterocycles. The molecule has 0 spiro atoms. The number of amides is 1. The molecule has 3 fully saturated rings. The third-order valence-corrected chi connectivity index (χ3v) is 6.68. The lowest BCUT2D eigenvalue weighted by Gasteiger charge is -2.35. The van der Waals surface area contributed by atoms with Crippen LogP contribution in [0.3, 0.4) is 0 Å². The number of nitrogens with zero attached hydrogens (tertiary/aromatic N) is 4. The van der Waals surface area contributed by atoms with Crippen LogP contribution >= 0.6 is 11.3 Å². The number of hydrogen-bond donors (Lipinski definition) is 0. The summed E-state index contributed by atoms with van der Waals surface area (Å²) in [7, 11) is 2.08. The fourth-order valence-electron chi connectivity index (χ4n) is 4.64. The van der Waals surface area contributed by atoms with Crippen LogP contribution in [0.5, 0.6) is 0 Å². The largest absolute Gasteiger partial charge is 0.351 e. The molecule has 0 N–H and O–H groups in total. The van der Waals surface area contributed by atoms with E-state index in [-0.39, 0.29) is 5.92 Å². The summed E-state index contributed by atoms with van der Waals surface area (Å²) >= 11 is 1.60. The van der Waals surface area contributed by atoms with Crippen molar-refractivity contribution in [3.63, 3.8) is 0 Å². The van der Waals surface area contributed by atoms with Gasteiger partial charge < -0.3 is 9.47 Å². The summed E-state index contributed by atoms with van der Waals surface area (Å²) in [4.78, 5) is 21.9. The lowest BCUT2D eigenvalue weighted by molar-refractivity contribution is -0.140. The first-order chi connectivity index (χ1) is 13.2. The number of hydrogen-bond acceptors (Lipinski definition) is 4. The van der Waals surface area contributed by atoms with E-state index >= 15 is 0 Å². The van der Waals surface area contributed by atoms with E-state index in [1.54, 1.807) is 11.3 Å². The maximum absolute atomic E-state index is 13.0. The van der Waals surface area contributed by atoms with Gasteiger partial charge in [-0.1, -0.05) is 6.07 Å². The van der Waals surface area contributed by atoms with Crippen LogP contribution in [0.15, 0.2) is 41.4 Å². The van der Waals surface area contributed by atoms with Crippen LogP contribution in [0.4, 0.5) is 0 Å². The number of rotatable bonds is 4. The number of benzene rings is 1. The molecule has 2 bridgehead atoms. The van der Waals surface area contributed by atoms with Crippen molar-refractivity contribution in [2.45, 2.75) is 32.0 Å². The van der Waals surface area contributed by atoms with Crippen molar-refractivity contribution < 1.29 is 4.79 Å². The fraction of sp³-hybridized carbons (Fsp3) is 0.429. The number of piperidine rings is 1. The van der Waals surface area contributed by atoms with E-state index in [4.69, 9.17) is 0 Å². The quantitative estimate of drug-likeness (QED) is 0.698. The Hall–Kier alpha value is -2.18. The molecule has 1 aromatic carbocycles. The average molecular weight is 381 g/mol. The summed E-state index contributed by atoms with van der Waals surface area (Å²) in [6, 6.07) is 9.19. The molecule has 3 aromatic rings. The molecule has 6 heteroatoms. The summed E-state index contributed by atoms with van der Waals surface area (Å²) in [5, 5.41) is 3.34. The second-order valence-corrected chi connectivity index (χ2v) is 8.61. The predicted octanol–water partition coefficient (Wildman–Crippen LogP) is 3.26. The molecule has 0 saturated carbocycles. The third kappa shape index (κ3) is 3.17. The maximum atomic E-state index is 13.0. The Balaban J connectivity index is 1.35. The number of aryl methyl sites for hydroxylation is 1. The Kier molecular flexibility index (Phi) is 4.25. The summed E-state index contributed by atoms with van der Waals surface area (Å²) in [6.45, 7) is 3.40. The Labute approximate surface area is 163 Å². The molecule has 0 radical (unpaired) electrons. The normalized spacial score (nSPS) is 23.3. The minimum Gasteiger partial charge on any atom is -0.351 e. The van der Waals surface area contributed by atoms with Gasteiger partial charge in [-0.05, 0) is 42.0 Å². The van der Waals surface area contributed by atoms with Gasteiger partial charge in [-0.25, -0.2) is 4.98 Å². The standard InChI is InChI=1S/C21H24N4OS/c1-23-7-6-16-8-15(2-5-20(16)23)9-24-10-17-3-4-19(12-24)25(21(17)26)11-18-13-27-14-22-18/h2,5-8,13-14,17,19H,3-4,9-12H2,1H3/t17-,19+/m1/s1. The maximum Gasteiger partial charge on any atom is 0.227 e. The molecular formula is C21H24N4OS. The van der Waals surface area contributed by atoms with Gasteiger partial charge in [0, 0.05) is 49.8 Å². The summed E-state index contributed by atoms with van der Waals surface area (Å²) in [5.41, 5.74) is 5.46. The molecule has 1 amide bonds. The molecule has 5 nitrogen and oxygen atoms in total. The van der Waals surface area contributed by atoms with Gasteiger partial charge in [-0.15, -0.1) is 11.3 Å². The first-order valence-corrected chi connectivity index (χ1v) is 10.6. The van der Waals surface area contributed by atoms with Gasteiger partial charge in [0.15, 0.2) is 0 Å². The second-order valence-electron chi connectivity index (χ2n) is 7.89. The SMILES string of the molecule is Cn1ccc2cc(CN3C[C@H]4CC[C@@H](C3)N(Cc3cscn3)C4=O)ccc21. The van der Waals surface area contributed by atoms with E-state index in [1.807, 2.05) is 5.51 Å². The van der Waals surface area contributed by atoms with Gasteiger partial charge in [0.05, 0.1) is 23.7 Å². The smallest absolute Gasteiger partial charge is 0.227 e. The van der Waals surface area contributed by atoms with E-state index in [1.165, 1.54) is 16.5 Å². The van der Waals surface area contributed by atoms with E-state index in [2.05, 4.69) is 62.2 Å². The van der Waals surface area contributed by atoms with Crippen LogP contribution in [0, 0.1) is 5.92 Å². The molecule has 0 aliphatic carbocycles. The van der Waals surface area contributed by atoms with Crippen molar-refractivity contribution in [3.8, 4) is 0 Å². The van der Waals surface area contributed by atoms with E-state index in [0.717, 1.165) is 38.2 Å². The van der Waals surface area contributed by atoms with Crippen LogP contribution in [0.25, 0.3) is 10.9 Å². The lowest BCUT2D eigenvalue weighted by Crippen LogP contribution is -2.47. The first-order valence-electron chi connectivity index (χ1n) is 9.61. The van der Waals surface area contributed by atoms with Gasteiger partial charge in [0.2, 0.25) is 5.91 Å². The highest BCUT2D eigenvalue weighted by Crippen LogP contribution is 2.31. The summed E-state index contributed by atoms with van der Waals surface area (Å²) < 4.78 is 2.15. The molecular weight excluding hydrogens is 356 g/mol. The molecule has 0 unspecified atom stereocenters. The number of thiazole rings is 1. The van der Waals surface area contributed by atoms with Crippen LogP contribution < -0.4 is 0 Å². The van der Waals surface area contributed by atoms with Crippen molar-refractivity contribution in [3.05, 3.63) is 52.6 Å². The van der Waals surface area contributed by atoms with Gasteiger partial charge in [-0.2, -0.15) is 0 Å². The fourth-order valence-corrected chi connectivity index (χ4v) is 5.19. The zero-order valence-corrected chi connectivity index (χ0v) is 16.4. The Morgan fingerprint density at radius 1 is 1.19 bits per heavy atom. The van der Waals surface area contributed by atoms with E-state index in [0.29, 0.717) is 18.5 Å². The average Bonchev–Trinajstić information content (AvgIpc) is 3.22.